The fourth-order valence-corrected chi connectivity index (χ4v) is 2.90. The minimum atomic E-state index is -0.955. The lowest BCUT2D eigenvalue weighted by molar-refractivity contribution is -0.137. The van der Waals surface area contributed by atoms with Gasteiger partial charge < -0.3 is 20.2 Å². The van der Waals surface area contributed by atoms with E-state index in [2.05, 4.69) is 5.32 Å². The number of hydrogen-bond donors (Lipinski definition) is 2. The molecule has 1 aromatic rings. The Morgan fingerprint density at radius 2 is 1.91 bits per heavy atom. The molecule has 0 aliphatic heterocycles. The number of carbonyl (C=O) groups is 3. The lowest BCUT2D eigenvalue weighted by Gasteiger charge is -2.16. The molecule has 128 valence electrons. The quantitative estimate of drug-likeness (QED) is 0.745. The van der Waals surface area contributed by atoms with Crippen LogP contribution in [0.4, 0.5) is 5.00 Å². The van der Waals surface area contributed by atoms with Crippen molar-refractivity contribution < 1.29 is 19.5 Å². The van der Waals surface area contributed by atoms with Crippen LogP contribution in [0.3, 0.4) is 0 Å². The van der Waals surface area contributed by atoms with Crippen LogP contribution in [0.15, 0.2) is 6.07 Å². The van der Waals surface area contributed by atoms with E-state index in [1.165, 1.54) is 16.2 Å². The van der Waals surface area contributed by atoms with Gasteiger partial charge in [-0.1, -0.05) is 6.92 Å². The zero-order chi connectivity index (χ0) is 17.6. The van der Waals surface area contributed by atoms with Gasteiger partial charge in [-0.15, -0.1) is 11.3 Å². The molecule has 1 rings (SSSR count). The highest BCUT2D eigenvalue weighted by Gasteiger charge is 2.21. The van der Waals surface area contributed by atoms with Gasteiger partial charge in [-0.05, 0) is 26.6 Å². The minimum Gasteiger partial charge on any atom is -0.481 e. The Labute approximate surface area is 139 Å². The van der Waals surface area contributed by atoms with Crippen LogP contribution in [0.1, 0.15) is 28.6 Å². The lowest BCUT2D eigenvalue weighted by Crippen LogP contribution is -2.30. The number of carbonyl (C=O) groups excluding carboxylic acids is 2. The molecule has 0 saturated heterocycles. The molecule has 0 saturated carbocycles. The van der Waals surface area contributed by atoms with E-state index in [1.807, 2.05) is 6.92 Å². The predicted octanol–water partition coefficient (Wildman–Crippen LogP) is 1.36. The monoisotopic (exact) mass is 341 g/mol. The van der Waals surface area contributed by atoms with E-state index < -0.39 is 5.97 Å². The number of amides is 2. The third kappa shape index (κ3) is 5.99. The lowest BCUT2D eigenvalue weighted by atomic mass is 10.2. The maximum atomic E-state index is 12.5. The van der Waals surface area contributed by atoms with Crippen molar-refractivity contribution in [3.05, 3.63) is 16.5 Å². The normalized spacial score (nSPS) is 10.7. The molecule has 0 spiro atoms. The molecule has 0 aliphatic rings. The molecule has 0 aromatic carbocycles. The van der Waals surface area contributed by atoms with Crippen LogP contribution < -0.4 is 5.32 Å². The van der Waals surface area contributed by atoms with Crippen LogP contribution in [0.5, 0.6) is 0 Å². The van der Waals surface area contributed by atoms with Gasteiger partial charge in [0.05, 0.1) is 18.5 Å². The number of carboxylic acids is 1. The van der Waals surface area contributed by atoms with Gasteiger partial charge >= 0.3 is 5.97 Å². The number of aliphatic carboxylic acids is 1. The predicted molar refractivity (Wildman–Crippen MR) is 90.1 cm³/mol. The van der Waals surface area contributed by atoms with Crippen molar-refractivity contribution in [3.63, 3.8) is 0 Å². The number of anilines is 1. The summed E-state index contributed by atoms with van der Waals surface area (Å²) in [4.78, 5) is 39.1. The first kappa shape index (κ1) is 19.1. The summed E-state index contributed by atoms with van der Waals surface area (Å²) in [5.41, 5.74) is 0.409. The fraction of sp³-hybridized carbons (Fsp3) is 0.533. The number of thiophene rings is 1. The molecular weight excluding hydrogens is 318 g/mol. The van der Waals surface area contributed by atoms with Gasteiger partial charge in [0.1, 0.15) is 5.00 Å². The summed E-state index contributed by atoms with van der Waals surface area (Å²) in [5.74, 6) is -1.44. The number of hydrogen-bond acceptors (Lipinski definition) is 5. The van der Waals surface area contributed by atoms with Crippen molar-refractivity contribution in [3.8, 4) is 0 Å². The standard InChI is InChI=1S/C15H23N3O4S/c1-5-10-8-11(15(22)18(4)7-6-13(20)21)14(23-10)16-12(19)9-17(2)3/h8H,5-7,9H2,1-4H3,(H,16,19)(H,20,21). The maximum absolute atomic E-state index is 12.5. The molecule has 0 bridgehead atoms. The summed E-state index contributed by atoms with van der Waals surface area (Å²) in [6.45, 7) is 2.32. The highest BCUT2D eigenvalue weighted by atomic mass is 32.1. The van der Waals surface area contributed by atoms with Crippen LogP contribution in [-0.4, -0.2) is 66.9 Å². The summed E-state index contributed by atoms with van der Waals surface area (Å²) >= 11 is 1.37. The number of aryl methyl sites for hydroxylation is 1. The second-order valence-corrected chi connectivity index (χ2v) is 6.60. The van der Waals surface area contributed by atoms with Gasteiger partial charge in [0.15, 0.2) is 0 Å². The van der Waals surface area contributed by atoms with Crippen LogP contribution >= 0.6 is 11.3 Å². The van der Waals surface area contributed by atoms with Crippen LogP contribution in [0.2, 0.25) is 0 Å². The van der Waals surface area contributed by atoms with Gasteiger partial charge in [-0.2, -0.15) is 0 Å². The zero-order valence-electron chi connectivity index (χ0n) is 13.9. The Bertz CT molecular complexity index is 583. The van der Waals surface area contributed by atoms with Crippen molar-refractivity contribution in [2.24, 2.45) is 0 Å². The van der Waals surface area contributed by atoms with E-state index in [1.54, 1.807) is 32.1 Å². The van der Waals surface area contributed by atoms with Crippen molar-refractivity contribution in [1.82, 2.24) is 9.80 Å². The first-order chi connectivity index (χ1) is 10.7. The van der Waals surface area contributed by atoms with Gasteiger partial charge in [-0.25, -0.2) is 0 Å². The summed E-state index contributed by atoms with van der Waals surface area (Å²) in [7, 11) is 5.13. The smallest absolute Gasteiger partial charge is 0.305 e. The Balaban J connectivity index is 2.91. The second kappa shape index (κ2) is 8.64. The number of nitrogens with one attached hydrogen (secondary N) is 1. The molecule has 0 aliphatic carbocycles. The van der Waals surface area contributed by atoms with Gasteiger partial charge in [0.2, 0.25) is 5.91 Å². The summed E-state index contributed by atoms with van der Waals surface area (Å²) in [6, 6.07) is 1.76. The molecular formula is C15H23N3O4S. The Morgan fingerprint density at radius 1 is 1.26 bits per heavy atom. The van der Waals surface area contributed by atoms with Crippen molar-refractivity contribution in [1.29, 1.82) is 0 Å². The number of likely N-dealkylation sites (N-methyl/N-ethyl adjacent to an activating group) is 1. The van der Waals surface area contributed by atoms with Crippen LogP contribution in [0, 0.1) is 0 Å². The first-order valence-corrected chi connectivity index (χ1v) is 8.10. The topological polar surface area (TPSA) is 90.0 Å². The van der Waals surface area contributed by atoms with Crippen molar-refractivity contribution in [2.75, 3.05) is 39.5 Å². The van der Waals surface area contributed by atoms with Gasteiger partial charge in [0.25, 0.3) is 5.91 Å². The zero-order valence-corrected chi connectivity index (χ0v) is 14.7. The average molecular weight is 341 g/mol. The average Bonchev–Trinajstić information content (AvgIpc) is 2.85. The summed E-state index contributed by atoms with van der Waals surface area (Å²) in [5, 5.41) is 12.0. The molecule has 7 nitrogen and oxygen atoms in total. The van der Waals surface area contributed by atoms with E-state index in [-0.39, 0.29) is 31.3 Å². The Kier molecular flexibility index (Phi) is 7.18. The molecule has 0 atom stereocenters. The Hall–Kier alpha value is -1.93. The third-order valence-corrected chi connectivity index (χ3v) is 4.28. The van der Waals surface area contributed by atoms with Crippen LogP contribution in [-0.2, 0) is 16.0 Å². The largest absolute Gasteiger partial charge is 0.481 e. The molecule has 2 N–H and O–H groups in total. The molecule has 23 heavy (non-hydrogen) atoms. The van der Waals surface area contributed by atoms with Gasteiger partial charge in [-0.3, -0.25) is 14.4 Å². The second-order valence-electron chi connectivity index (χ2n) is 5.47. The third-order valence-electron chi connectivity index (χ3n) is 3.08. The van der Waals surface area contributed by atoms with E-state index in [0.29, 0.717) is 10.6 Å². The number of rotatable bonds is 8. The molecule has 8 heteroatoms. The van der Waals surface area contributed by atoms with E-state index in [4.69, 9.17) is 5.11 Å². The molecule has 0 unspecified atom stereocenters. The summed E-state index contributed by atoms with van der Waals surface area (Å²) in [6.07, 6.45) is 0.642. The molecule has 0 fully saturated rings. The van der Waals surface area contributed by atoms with Crippen molar-refractivity contribution >= 4 is 34.1 Å². The summed E-state index contributed by atoms with van der Waals surface area (Å²) < 4.78 is 0. The number of nitrogens with zero attached hydrogens (tertiary/aromatic N) is 2. The highest BCUT2D eigenvalue weighted by molar-refractivity contribution is 7.16. The minimum absolute atomic E-state index is 0.116. The van der Waals surface area contributed by atoms with E-state index in [9.17, 15) is 14.4 Å². The molecule has 0 radical (unpaired) electrons. The molecule has 2 amide bonds. The molecule has 1 aromatic heterocycles. The van der Waals surface area contributed by atoms with E-state index in [0.717, 1.165) is 11.3 Å². The Morgan fingerprint density at radius 3 is 2.43 bits per heavy atom. The molecule has 1 heterocycles. The maximum Gasteiger partial charge on any atom is 0.305 e. The van der Waals surface area contributed by atoms with E-state index >= 15 is 0 Å². The highest BCUT2D eigenvalue weighted by Crippen LogP contribution is 2.29. The SMILES string of the molecule is CCc1cc(C(=O)N(C)CCC(=O)O)c(NC(=O)CN(C)C)s1. The number of carboxylic acid groups (broad SMARTS) is 1. The van der Waals surface area contributed by atoms with Crippen molar-refractivity contribution in [2.45, 2.75) is 19.8 Å². The van der Waals surface area contributed by atoms with Gasteiger partial charge in [0, 0.05) is 18.5 Å². The first-order valence-electron chi connectivity index (χ1n) is 7.29. The van der Waals surface area contributed by atoms with Crippen LogP contribution in [0.25, 0.3) is 0 Å². The fourth-order valence-electron chi connectivity index (χ4n) is 1.89.